The molecule has 1 atom stereocenters. The average Bonchev–Trinajstić information content (AvgIpc) is 2.41. The number of nitrogens with zero attached hydrogens (tertiary/aromatic N) is 2. The summed E-state index contributed by atoms with van der Waals surface area (Å²) in [5, 5.41) is 0.820. The van der Waals surface area contributed by atoms with E-state index in [1.807, 2.05) is 12.1 Å². The van der Waals surface area contributed by atoms with Crippen LogP contribution in [0.2, 0.25) is 5.02 Å². The van der Waals surface area contributed by atoms with E-state index in [2.05, 4.69) is 35.8 Å². The first-order chi connectivity index (χ1) is 8.69. The lowest BCUT2D eigenvalue weighted by molar-refractivity contribution is 0.0964. The first kappa shape index (κ1) is 13.9. The van der Waals surface area contributed by atoms with Gasteiger partial charge in [0.2, 0.25) is 0 Å². The van der Waals surface area contributed by atoms with Crippen molar-refractivity contribution in [2.45, 2.75) is 32.9 Å². The second-order valence-corrected chi connectivity index (χ2v) is 5.63. The molecule has 0 aromatic heterocycles. The van der Waals surface area contributed by atoms with Gasteiger partial charge in [-0.1, -0.05) is 30.7 Å². The first-order valence-corrected chi connectivity index (χ1v) is 7.27. The van der Waals surface area contributed by atoms with Crippen LogP contribution in [0.25, 0.3) is 0 Å². The molecule has 1 aromatic carbocycles. The van der Waals surface area contributed by atoms with Crippen LogP contribution in [0.5, 0.6) is 0 Å². The number of hydrogen-bond acceptors (Lipinski definition) is 2. The summed E-state index contributed by atoms with van der Waals surface area (Å²) in [5.41, 5.74) is 1.36. The second-order valence-electron chi connectivity index (χ2n) is 5.20. The molecule has 3 heteroatoms. The largest absolute Gasteiger partial charge is 0.298 e. The molecule has 0 radical (unpaired) electrons. The number of rotatable bonds is 4. The molecule has 0 saturated carbocycles. The molecule has 0 amide bonds. The molecule has 0 spiro atoms. The topological polar surface area (TPSA) is 6.48 Å². The summed E-state index contributed by atoms with van der Waals surface area (Å²) in [5.74, 6) is 0. The smallest absolute Gasteiger partial charge is 0.0406 e. The lowest BCUT2D eigenvalue weighted by Gasteiger charge is -2.37. The third kappa shape index (κ3) is 3.71. The third-order valence-electron chi connectivity index (χ3n) is 3.94. The fourth-order valence-corrected chi connectivity index (χ4v) is 2.59. The Hall–Kier alpha value is -0.570. The van der Waals surface area contributed by atoms with E-state index in [-0.39, 0.29) is 0 Å². The summed E-state index contributed by atoms with van der Waals surface area (Å²) in [7, 11) is 0. The summed E-state index contributed by atoms with van der Waals surface area (Å²) in [6.45, 7) is 10.4. The molecule has 1 heterocycles. The van der Waals surface area contributed by atoms with Crippen LogP contribution in [-0.4, -0.2) is 42.0 Å². The molecule has 18 heavy (non-hydrogen) atoms. The van der Waals surface area contributed by atoms with Gasteiger partial charge >= 0.3 is 0 Å². The van der Waals surface area contributed by atoms with Gasteiger partial charge in [-0.3, -0.25) is 9.80 Å². The van der Waals surface area contributed by atoms with Gasteiger partial charge in [0.25, 0.3) is 0 Å². The standard InChI is InChI=1S/C15H23ClN2/c1-3-13(2)18-10-8-17(9-11-18)12-14-4-6-15(16)7-5-14/h4-7,13H,3,8-12H2,1-2H3. The molecule has 0 bridgehead atoms. The summed E-state index contributed by atoms with van der Waals surface area (Å²) >= 11 is 5.90. The number of halogens is 1. The average molecular weight is 267 g/mol. The van der Waals surface area contributed by atoms with Crippen molar-refractivity contribution >= 4 is 11.6 Å². The lowest BCUT2D eigenvalue weighted by Crippen LogP contribution is -2.48. The predicted octanol–water partition coefficient (Wildman–Crippen LogP) is 3.26. The van der Waals surface area contributed by atoms with Crippen LogP contribution in [0, 0.1) is 0 Å². The fourth-order valence-electron chi connectivity index (χ4n) is 2.47. The van der Waals surface area contributed by atoms with Gasteiger partial charge in [-0.15, -0.1) is 0 Å². The van der Waals surface area contributed by atoms with Gasteiger partial charge in [0.1, 0.15) is 0 Å². The van der Waals surface area contributed by atoms with Gasteiger partial charge in [-0.25, -0.2) is 0 Å². The van der Waals surface area contributed by atoms with Crippen molar-refractivity contribution in [3.8, 4) is 0 Å². The number of hydrogen-bond donors (Lipinski definition) is 0. The molecule has 2 nitrogen and oxygen atoms in total. The molecule has 1 aliphatic rings. The zero-order valence-corrected chi connectivity index (χ0v) is 12.2. The SMILES string of the molecule is CCC(C)N1CCN(Cc2ccc(Cl)cc2)CC1. The van der Waals surface area contributed by atoms with E-state index >= 15 is 0 Å². The summed E-state index contributed by atoms with van der Waals surface area (Å²) in [4.78, 5) is 5.13. The molecule has 1 unspecified atom stereocenters. The Bertz CT molecular complexity index is 355. The maximum absolute atomic E-state index is 5.90. The summed E-state index contributed by atoms with van der Waals surface area (Å²) < 4.78 is 0. The number of piperazine rings is 1. The normalized spacial score (nSPS) is 19.9. The highest BCUT2D eigenvalue weighted by atomic mass is 35.5. The highest BCUT2D eigenvalue weighted by molar-refractivity contribution is 6.30. The Morgan fingerprint density at radius 2 is 1.72 bits per heavy atom. The number of benzene rings is 1. The van der Waals surface area contributed by atoms with Crippen LogP contribution in [0.4, 0.5) is 0 Å². The molecular weight excluding hydrogens is 244 g/mol. The monoisotopic (exact) mass is 266 g/mol. The Morgan fingerprint density at radius 3 is 2.28 bits per heavy atom. The van der Waals surface area contributed by atoms with Crippen molar-refractivity contribution in [3.63, 3.8) is 0 Å². The third-order valence-corrected chi connectivity index (χ3v) is 4.19. The van der Waals surface area contributed by atoms with Crippen LogP contribution < -0.4 is 0 Å². The predicted molar refractivity (Wildman–Crippen MR) is 78.1 cm³/mol. The van der Waals surface area contributed by atoms with Crippen LogP contribution in [0.15, 0.2) is 24.3 Å². The van der Waals surface area contributed by atoms with E-state index in [4.69, 9.17) is 11.6 Å². The van der Waals surface area contributed by atoms with Gasteiger partial charge in [0.05, 0.1) is 0 Å². The summed E-state index contributed by atoms with van der Waals surface area (Å²) in [6, 6.07) is 8.94. The molecule has 1 fully saturated rings. The van der Waals surface area contributed by atoms with Crippen molar-refractivity contribution in [3.05, 3.63) is 34.9 Å². The van der Waals surface area contributed by atoms with Gasteiger partial charge < -0.3 is 0 Å². The Labute approximate surface area is 116 Å². The summed E-state index contributed by atoms with van der Waals surface area (Å²) in [6.07, 6.45) is 1.25. The van der Waals surface area contributed by atoms with Crippen LogP contribution in [-0.2, 0) is 6.54 Å². The maximum atomic E-state index is 5.90. The van der Waals surface area contributed by atoms with Gasteiger partial charge in [0.15, 0.2) is 0 Å². The molecule has 2 rings (SSSR count). The van der Waals surface area contributed by atoms with E-state index in [1.54, 1.807) is 0 Å². The lowest BCUT2D eigenvalue weighted by atomic mass is 10.1. The Kier molecular flexibility index (Phi) is 5.04. The van der Waals surface area contributed by atoms with Gasteiger partial charge in [-0.05, 0) is 31.0 Å². The van der Waals surface area contributed by atoms with Gasteiger partial charge in [0, 0.05) is 43.8 Å². The minimum absolute atomic E-state index is 0.725. The Balaban J connectivity index is 1.81. The van der Waals surface area contributed by atoms with E-state index in [9.17, 15) is 0 Å². The molecule has 1 saturated heterocycles. The second kappa shape index (κ2) is 6.55. The van der Waals surface area contributed by atoms with Crippen LogP contribution in [0.3, 0.4) is 0 Å². The minimum atomic E-state index is 0.725. The zero-order valence-electron chi connectivity index (χ0n) is 11.4. The first-order valence-electron chi connectivity index (χ1n) is 6.90. The fraction of sp³-hybridized carbons (Fsp3) is 0.600. The van der Waals surface area contributed by atoms with Crippen molar-refractivity contribution in [1.29, 1.82) is 0 Å². The highest BCUT2D eigenvalue weighted by Gasteiger charge is 2.19. The van der Waals surface area contributed by atoms with E-state index in [0.717, 1.165) is 17.6 Å². The molecular formula is C15H23ClN2. The Morgan fingerprint density at radius 1 is 1.11 bits per heavy atom. The molecule has 100 valence electrons. The van der Waals surface area contributed by atoms with E-state index < -0.39 is 0 Å². The van der Waals surface area contributed by atoms with Gasteiger partial charge in [-0.2, -0.15) is 0 Å². The van der Waals surface area contributed by atoms with Crippen LogP contribution in [0.1, 0.15) is 25.8 Å². The van der Waals surface area contributed by atoms with Crippen molar-refractivity contribution in [2.75, 3.05) is 26.2 Å². The quantitative estimate of drug-likeness (QED) is 0.825. The van der Waals surface area contributed by atoms with E-state index in [1.165, 1.54) is 38.2 Å². The highest BCUT2D eigenvalue weighted by Crippen LogP contribution is 2.14. The zero-order chi connectivity index (χ0) is 13.0. The van der Waals surface area contributed by atoms with Crippen molar-refractivity contribution in [1.82, 2.24) is 9.80 Å². The minimum Gasteiger partial charge on any atom is -0.298 e. The molecule has 0 aliphatic carbocycles. The van der Waals surface area contributed by atoms with Crippen LogP contribution >= 0.6 is 11.6 Å². The molecule has 1 aromatic rings. The molecule has 0 N–H and O–H groups in total. The maximum Gasteiger partial charge on any atom is 0.0406 e. The molecule has 1 aliphatic heterocycles. The van der Waals surface area contributed by atoms with E-state index in [0.29, 0.717) is 0 Å². The van der Waals surface area contributed by atoms with Crippen molar-refractivity contribution in [2.24, 2.45) is 0 Å². The van der Waals surface area contributed by atoms with Crippen molar-refractivity contribution < 1.29 is 0 Å².